The molecule has 0 bridgehead atoms. The summed E-state index contributed by atoms with van der Waals surface area (Å²) in [6.07, 6.45) is -4.76. The summed E-state index contributed by atoms with van der Waals surface area (Å²) < 4.78 is 42.0. The van der Waals surface area contributed by atoms with Gasteiger partial charge in [-0.05, 0) is 38.4 Å². The van der Waals surface area contributed by atoms with Crippen molar-refractivity contribution in [3.8, 4) is 5.75 Å². The average Bonchev–Trinajstić information content (AvgIpc) is 3.08. The van der Waals surface area contributed by atoms with Crippen LogP contribution in [0.4, 0.5) is 18.3 Å². The number of amides is 1. The molecule has 168 valence electrons. The van der Waals surface area contributed by atoms with Crippen LogP contribution in [0.3, 0.4) is 0 Å². The Labute approximate surface area is 192 Å². The van der Waals surface area contributed by atoms with Crippen LogP contribution < -0.4 is 9.64 Å². The number of nitrogens with zero attached hydrogens (tertiary/aromatic N) is 3. The van der Waals surface area contributed by atoms with Gasteiger partial charge in [-0.3, -0.25) is 9.69 Å². The van der Waals surface area contributed by atoms with Crippen LogP contribution in [-0.4, -0.2) is 55.1 Å². The van der Waals surface area contributed by atoms with Crippen LogP contribution in [0.2, 0.25) is 0 Å². The molecule has 0 unspecified atom stereocenters. The van der Waals surface area contributed by atoms with E-state index in [0.717, 1.165) is 4.90 Å². The molecule has 11 heteroatoms. The number of benzene rings is 2. The minimum Gasteiger partial charge on any atom is -0.406 e. The number of anilines is 1. The highest BCUT2D eigenvalue weighted by molar-refractivity contribution is 8.00. The van der Waals surface area contributed by atoms with E-state index < -0.39 is 6.36 Å². The van der Waals surface area contributed by atoms with Crippen molar-refractivity contribution in [3.63, 3.8) is 0 Å². The fourth-order valence-electron chi connectivity index (χ4n) is 2.57. The van der Waals surface area contributed by atoms with Crippen molar-refractivity contribution in [3.05, 3.63) is 48.5 Å². The first kappa shape index (κ1) is 25.3. The van der Waals surface area contributed by atoms with Crippen molar-refractivity contribution in [2.75, 3.05) is 37.8 Å². The molecule has 5 nitrogen and oxygen atoms in total. The summed E-state index contributed by atoms with van der Waals surface area (Å²) in [5, 5.41) is 0.453. The number of thiazole rings is 1. The first-order chi connectivity index (χ1) is 14.2. The molecule has 31 heavy (non-hydrogen) atoms. The molecular weight excluding hydrogens is 471 g/mol. The summed E-state index contributed by atoms with van der Waals surface area (Å²) in [6.45, 7) is 1.05. The minimum atomic E-state index is -4.76. The van der Waals surface area contributed by atoms with Crippen LogP contribution >= 0.6 is 35.5 Å². The molecular formula is C20H21ClF3N3O2S2. The SMILES string of the molecule is CN(C)CCN(C(=O)CSc1ccccc1)c1nc2ccc(OC(F)(F)F)cc2s1.Cl. The summed E-state index contributed by atoms with van der Waals surface area (Å²) in [5.74, 6) is -0.192. The molecule has 1 aromatic heterocycles. The lowest BCUT2D eigenvalue weighted by Crippen LogP contribution is -2.37. The predicted octanol–water partition coefficient (Wildman–Crippen LogP) is 5.30. The van der Waals surface area contributed by atoms with Crippen LogP contribution in [0, 0.1) is 0 Å². The third kappa shape index (κ3) is 7.57. The van der Waals surface area contributed by atoms with Gasteiger partial charge < -0.3 is 9.64 Å². The summed E-state index contributed by atoms with van der Waals surface area (Å²) in [6, 6.07) is 13.6. The van der Waals surface area contributed by atoms with Crippen LogP contribution in [0.5, 0.6) is 5.75 Å². The van der Waals surface area contributed by atoms with E-state index in [1.165, 1.54) is 41.3 Å². The summed E-state index contributed by atoms with van der Waals surface area (Å²) in [4.78, 5) is 21.9. The Balaban J connectivity index is 0.00000341. The number of ether oxygens (including phenoxy) is 1. The van der Waals surface area contributed by atoms with E-state index in [4.69, 9.17) is 0 Å². The lowest BCUT2D eigenvalue weighted by atomic mass is 10.3. The van der Waals surface area contributed by atoms with Crippen molar-refractivity contribution >= 4 is 56.8 Å². The largest absolute Gasteiger partial charge is 0.573 e. The standard InChI is InChI=1S/C20H20F3N3O2S2.ClH/c1-25(2)10-11-26(18(27)13-29-15-6-4-3-5-7-15)19-24-16-9-8-14(12-17(16)30-19)28-20(21,22)23;/h3-9,12H,10-11,13H2,1-2H3;1H. The molecule has 0 spiro atoms. The number of fused-ring (bicyclic) bond motifs is 1. The summed E-state index contributed by atoms with van der Waals surface area (Å²) in [7, 11) is 3.81. The molecule has 0 N–H and O–H groups in total. The highest BCUT2D eigenvalue weighted by Gasteiger charge is 2.31. The Hall–Kier alpha value is -2.01. The molecule has 0 aliphatic rings. The second-order valence-corrected chi connectivity index (χ2v) is 8.68. The smallest absolute Gasteiger partial charge is 0.406 e. The van der Waals surface area contributed by atoms with Crippen LogP contribution in [-0.2, 0) is 4.79 Å². The zero-order valence-electron chi connectivity index (χ0n) is 16.8. The minimum absolute atomic E-state index is 0. The van der Waals surface area contributed by atoms with E-state index in [0.29, 0.717) is 28.4 Å². The predicted molar refractivity (Wildman–Crippen MR) is 122 cm³/mol. The van der Waals surface area contributed by atoms with Gasteiger partial charge in [0, 0.05) is 24.1 Å². The molecule has 0 fully saturated rings. The maximum atomic E-state index is 12.9. The number of aromatic nitrogens is 1. The Morgan fingerprint density at radius 3 is 2.48 bits per heavy atom. The molecule has 1 amide bonds. The first-order valence-corrected chi connectivity index (χ1v) is 10.8. The van der Waals surface area contributed by atoms with E-state index in [-0.39, 0.29) is 29.8 Å². The number of alkyl halides is 3. The van der Waals surface area contributed by atoms with E-state index >= 15 is 0 Å². The lowest BCUT2D eigenvalue weighted by molar-refractivity contribution is -0.274. The first-order valence-electron chi connectivity index (χ1n) is 9.00. The zero-order chi connectivity index (χ0) is 21.7. The molecule has 0 atom stereocenters. The quantitative estimate of drug-likeness (QED) is 0.400. The third-order valence-corrected chi connectivity index (χ3v) is 6.03. The van der Waals surface area contributed by atoms with Crippen LogP contribution in [0.15, 0.2) is 53.4 Å². The molecule has 2 aromatic carbocycles. The average molecular weight is 492 g/mol. The van der Waals surface area contributed by atoms with Gasteiger partial charge in [-0.25, -0.2) is 4.98 Å². The molecule has 3 aromatic rings. The molecule has 0 saturated carbocycles. The summed E-state index contributed by atoms with van der Waals surface area (Å²) in [5.41, 5.74) is 0.517. The number of likely N-dealkylation sites (N-methyl/N-ethyl adjacent to an activating group) is 1. The third-order valence-electron chi connectivity index (χ3n) is 3.99. The lowest BCUT2D eigenvalue weighted by Gasteiger charge is -2.21. The van der Waals surface area contributed by atoms with E-state index in [1.807, 2.05) is 49.3 Å². The number of hydrogen-bond acceptors (Lipinski definition) is 6. The van der Waals surface area contributed by atoms with Gasteiger partial charge in [-0.1, -0.05) is 29.5 Å². The maximum Gasteiger partial charge on any atom is 0.573 e. The normalized spacial score (nSPS) is 11.4. The Bertz CT molecular complexity index is 1000. The molecule has 0 radical (unpaired) electrons. The molecule has 0 saturated heterocycles. The van der Waals surface area contributed by atoms with Gasteiger partial charge in [-0.2, -0.15) is 0 Å². The van der Waals surface area contributed by atoms with Crippen molar-refractivity contribution in [2.24, 2.45) is 0 Å². The van der Waals surface area contributed by atoms with Crippen LogP contribution in [0.1, 0.15) is 0 Å². The number of rotatable bonds is 8. The molecule has 1 heterocycles. The highest BCUT2D eigenvalue weighted by Crippen LogP contribution is 2.33. The highest BCUT2D eigenvalue weighted by atomic mass is 35.5. The fourth-order valence-corrected chi connectivity index (χ4v) is 4.40. The maximum absolute atomic E-state index is 12.9. The van der Waals surface area contributed by atoms with Crippen molar-refractivity contribution in [2.45, 2.75) is 11.3 Å². The van der Waals surface area contributed by atoms with Gasteiger partial charge in [-0.15, -0.1) is 37.3 Å². The summed E-state index contributed by atoms with van der Waals surface area (Å²) >= 11 is 2.59. The molecule has 0 aliphatic carbocycles. The topological polar surface area (TPSA) is 45.7 Å². The Morgan fingerprint density at radius 1 is 1.13 bits per heavy atom. The number of carbonyl (C=O) groups excluding carboxylic acids is 1. The number of halogens is 4. The van der Waals surface area contributed by atoms with Crippen molar-refractivity contribution < 1.29 is 22.7 Å². The van der Waals surface area contributed by atoms with E-state index in [1.54, 1.807) is 4.90 Å². The van der Waals surface area contributed by atoms with Gasteiger partial charge in [0.2, 0.25) is 5.91 Å². The molecule has 0 aliphatic heterocycles. The van der Waals surface area contributed by atoms with E-state index in [2.05, 4.69) is 9.72 Å². The number of carbonyl (C=O) groups is 1. The number of hydrogen-bond donors (Lipinski definition) is 0. The molecule has 3 rings (SSSR count). The van der Waals surface area contributed by atoms with Crippen LogP contribution in [0.25, 0.3) is 10.2 Å². The van der Waals surface area contributed by atoms with Gasteiger partial charge in [0.1, 0.15) is 5.75 Å². The van der Waals surface area contributed by atoms with Gasteiger partial charge in [0.25, 0.3) is 0 Å². The van der Waals surface area contributed by atoms with E-state index in [9.17, 15) is 18.0 Å². The van der Waals surface area contributed by atoms with Crippen molar-refractivity contribution in [1.29, 1.82) is 0 Å². The fraction of sp³-hybridized carbons (Fsp3) is 0.300. The Morgan fingerprint density at radius 2 is 1.84 bits per heavy atom. The second-order valence-electron chi connectivity index (χ2n) is 6.62. The number of thioether (sulfide) groups is 1. The second kappa shape index (κ2) is 11.0. The van der Waals surface area contributed by atoms with Gasteiger partial charge in [0.05, 0.1) is 16.0 Å². The van der Waals surface area contributed by atoms with Crippen molar-refractivity contribution in [1.82, 2.24) is 9.88 Å². The monoisotopic (exact) mass is 491 g/mol. The zero-order valence-corrected chi connectivity index (χ0v) is 19.2. The van der Waals surface area contributed by atoms with Gasteiger partial charge in [0.15, 0.2) is 5.13 Å². The Kier molecular flexibility index (Phi) is 8.99. The van der Waals surface area contributed by atoms with Gasteiger partial charge >= 0.3 is 6.36 Å².